The van der Waals surface area contributed by atoms with E-state index in [1.807, 2.05) is 18.2 Å². The zero-order valence-corrected chi connectivity index (χ0v) is 12.3. The van der Waals surface area contributed by atoms with Gasteiger partial charge in [0.1, 0.15) is 11.9 Å². The lowest BCUT2D eigenvalue weighted by Gasteiger charge is -2.31. The molecule has 1 heterocycles. The van der Waals surface area contributed by atoms with E-state index in [0.717, 1.165) is 17.7 Å². The fourth-order valence-electron chi connectivity index (χ4n) is 2.97. The first-order chi connectivity index (χ1) is 9.56. The maximum absolute atomic E-state index is 6.31. The summed E-state index contributed by atoms with van der Waals surface area (Å²) in [6, 6.07) is 12.6. The molecular weight excluding hydrogens is 246 g/mol. The van der Waals surface area contributed by atoms with Crippen molar-refractivity contribution in [1.82, 2.24) is 0 Å². The highest BCUT2D eigenvalue weighted by Crippen LogP contribution is 2.40. The Bertz CT molecular complexity index is 648. The third kappa shape index (κ3) is 2.20. The quantitative estimate of drug-likeness (QED) is 0.843. The number of hydrogen-bond donors (Lipinski definition) is 1. The first-order valence-electron chi connectivity index (χ1n) is 7.15. The van der Waals surface area contributed by atoms with Crippen molar-refractivity contribution in [3.8, 4) is 5.75 Å². The molecule has 1 aliphatic heterocycles. The van der Waals surface area contributed by atoms with E-state index in [1.54, 1.807) is 0 Å². The summed E-state index contributed by atoms with van der Waals surface area (Å²) in [5.41, 5.74) is 12.6. The lowest BCUT2D eigenvalue weighted by molar-refractivity contribution is 0.161. The van der Waals surface area contributed by atoms with E-state index >= 15 is 0 Å². The molecule has 0 saturated heterocycles. The number of ether oxygens (including phenoxy) is 1. The number of para-hydroxylation sites is 1. The van der Waals surface area contributed by atoms with E-state index in [2.05, 4.69) is 39.0 Å². The van der Waals surface area contributed by atoms with Crippen molar-refractivity contribution in [3.05, 3.63) is 64.2 Å². The van der Waals surface area contributed by atoms with E-state index in [9.17, 15) is 0 Å². The largest absolute Gasteiger partial charge is 0.485 e. The first kappa shape index (κ1) is 13.2. The Morgan fingerprint density at radius 2 is 1.65 bits per heavy atom. The van der Waals surface area contributed by atoms with Crippen LogP contribution in [0.15, 0.2) is 36.4 Å². The van der Waals surface area contributed by atoms with Crippen molar-refractivity contribution in [3.63, 3.8) is 0 Å². The van der Waals surface area contributed by atoms with Gasteiger partial charge >= 0.3 is 0 Å². The molecule has 20 heavy (non-hydrogen) atoms. The number of hydrogen-bond acceptors (Lipinski definition) is 2. The van der Waals surface area contributed by atoms with E-state index < -0.39 is 0 Å². The van der Waals surface area contributed by atoms with Crippen LogP contribution in [0.1, 0.15) is 46.4 Å². The highest BCUT2D eigenvalue weighted by Gasteiger charge is 2.27. The van der Waals surface area contributed by atoms with Crippen LogP contribution in [0.25, 0.3) is 0 Å². The third-order valence-corrected chi connectivity index (χ3v) is 4.28. The second kappa shape index (κ2) is 4.95. The number of benzene rings is 2. The summed E-state index contributed by atoms with van der Waals surface area (Å²) in [7, 11) is 0. The molecular formula is C18H21NO. The highest BCUT2D eigenvalue weighted by atomic mass is 16.5. The van der Waals surface area contributed by atoms with Crippen LogP contribution in [-0.2, 0) is 0 Å². The Hall–Kier alpha value is -1.80. The summed E-state index contributed by atoms with van der Waals surface area (Å²) in [6.45, 7) is 6.45. The van der Waals surface area contributed by atoms with Gasteiger partial charge in [0.05, 0.1) is 0 Å². The molecule has 1 aliphatic rings. The van der Waals surface area contributed by atoms with Crippen molar-refractivity contribution in [2.45, 2.75) is 39.3 Å². The molecule has 104 valence electrons. The average molecular weight is 267 g/mol. The number of aryl methyl sites for hydroxylation is 3. The zero-order valence-electron chi connectivity index (χ0n) is 12.3. The molecule has 2 aromatic carbocycles. The zero-order chi connectivity index (χ0) is 14.3. The van der Waals surface area contributed by atoms with Crippen molar-refractivity contribution in [2.24, 2.45) is 5.73 Å². The van der Waals surface area contributed by atoms with Gasteiger partial charge < -0.3 is 10.5 Å². The molecule has 0 saturated carbocycles. The molecule has 2 aromatic rings. The molecule has 3 rings (SSSR count). The Morgan fingerprint density at radius 3 is 2.45 bits per heavy atom. The maximum atomic E-state index is 6.31. The van der Waals surface area contributed by atoms with E-state index in [0.29, 0.717) is 0 Å². The molecule has 0 bridgehead atoms. The molecule has 2 N–H and O–H groups in total. The Balaban J connectivity index is 2.00. The van der Waals surface area contributed by atoms with E-state index in [1.165, 1.54) is 22.3 Å². The molecule has 0 fully saturated rings. The molecule has 0 amide bonds. The van der Waals surface area contributed by atoms with Gasteiger partial charge in [0.25, 0.3) is 0 Å². The fourth-order valence-corrected chi connectivity index (χ4v) is 2.97. The highest BCUT2D eigenvalue weighted by molar-refractivity contribution is 5.42. The molecule has 0 spiro atoms. The average Bonchev–Trinajstić information content (AvgIpc) is 2.43. The Labute approximate surface area is 120 Å². The SMILES string of the molecule is Cc1cc(C)c(C2C[C@H](N)c3ccccc3O2)cc1C. The molecule has 2 heteroatoms. The van der Waals surface area contributed by atoms with E-state index in [4.69, 9.17) is 10.5 Å². The van der Waals surface area contributed by atoms with Crippen LogP contribution in [0.3, 0.4) is 0 Å². The van der Waals surface area contributed by atoms with Crippen molar-refractivity contribution in [2.75, 3.05) is 0 Å². The summed E-state index contributed by atoms with van der Waals surface area (Å²) >= 11 is 0. The van der Waals surface area contributed by atoms with Gasteiger partial charge in [-0.2, -0.15) is 0 Å². The second-order valence-corrected chi connectivity index (χ2v) is 5.78. The van der Waals surface area contributed by atoms with Gasteiger partial charge in [0.2, 0.25) is 0 Å². The summed E-state index contributed by atoms with van der Waals surface area (Å²) in [5, 5.41) is 0. The molecule has 2 nitrogen and oxygen atoms in total. The van der Waals surface area contributed by atoms with Crippen LogP contribution in [0.4, 0.5) is 0 Å². The van der Waals surface area contributed by atoms with Gasteiger partial charge in [-0.05, 0) is 49.1 Å². The van der Waals surface area contributed by atoms with Crippen LogP contribution < -0.4 is 10.5 Å². The molecule has 0 aromatic heterocycles. The van der Waals surface area contributed by atoms with Crippen LogP contribution in [0.5, 0.6) is 5.75 Å². The van der Waals surface area contributed by atoms with Gasteiger partial charge in [-0.15, -0.1) is 0 Å². The molecule has 0 aliphatic carbocycles. The van der Waals surface area contributed by atoms with Crippen molar-refractivity contribution < 1.29 is 4.74 Å². The lowest BCUT2D eigenvalue weighted by atomic mass is 9.90. The van der Waals surface area contributed by atoms with Crippen LogP contribution in [-0.4, -0.2) is 0 Å². The summed E-state index contributed by atoms with van der Waals surface area (Å²) in [6.07, 6.45) is 0.888. The number of fused-ring (bicyclic) bond motifs is 1. The molecule has 0 radical (unpaired) electrons. The van der Waals surface area contributed by atoms with Gasteiger partial charge in [-0.3, -0.25) is 0 Å². The topological polar surface area (TPSA) is 35.2 Å². The Morgan fingerprint density at radius 1 is 0.950 bits per heavy atom. The van der Waals surface area contributed by atoms with Gasteiger partial charge in [0, 0.05) is 18.0 Å². The summed E-state index contributed by atoms with van der Waals surface area (Å²) in [4.78, 5) is 0. The van der Waals surface area contributed by atoms with Gasteiger partial charge in [-0.1, -0.05) is 30.3 Å². The van der Waals surface area contributed by atoms with Crippen LogP contribution in [0.2, 0.25) is 0 Å². The standard InChI is InChI=1S/C18H21NO/c1-11-8-13(3)15(9-12(11)2)18-10-16(19)14-6-4-5-7-17(14)20-18/h4-9,16,18H,10,19H2,1-3H3/t16-,18?/m0/s1. The summed E-state index contributed by atoms with van der Waals surface area (Å²) < 4.78 is 6.18. The Kier molecular flexibility index (Phi) is 3.27. The van der Waals surface area contributed by atoms with Crippen molar-refractivity contribution in [1.29, 1.82) is 0 Å². The number of rotatable bonds is 1. The van der Waals surface area contributed by atoms with Gasteiger partial charge in [0.15, 0.2) is 0 Å². The minimum atomic E-state index is 0.0472. The maximum Gasteiger partial charge on any atom is 0.126 e. The first-order valence-corrected chi connectivity index (χ1v) is 7.15. The monoisotopic (exact) mass is 267 g/mol. The van der Waals surface area contributed by atoms with E-state index in [-0.39, 0.29) is 12.1 Å². The van der Waals surface area contributed by atoms with Gasteiger partial charge in [-0.25, -0.2) is 0 Å². The third-order valence-electron chi connectivity index (χ3n) is 4.28. The van der Waals surface area contributed by atoms with Crippen molar-refractivity contribution >= 4 is 0 Å². The predicted molar refractivity (Wildman–Crippen MR) is 82.0 cm³/mol. The minimum Gasteiger partial charge on any atom is -0.485 e. The second-order valence-electron chi connectivity index (χ2n) is 5.78. The van der Waals surface area contributed by atoms with Crippen LogP contribution >= 0.6 is 0 Å². The normalized spacial score (nSPS) is 21.2. The lowest BCUT2D eigenvalue weighted by Crippen LogP contribution is -2.24. The fraction of sp³-hybridized carbons (Fsp3) is 0.333. The predicted octanol–water partition coefficient (Wildman–Crippen LogP) is 4.14. The van der Waals surface area contributed by atoms with Crippen LogP contribution in [0, 0.1) is 20.8 Å². The molecule has 1 unspecified atom stereocenters. The smallest absolute Gasteiger partial charge is 0.126 e. The summed E-state index contributed by atoms with van der Waals surface area (Å²) in [5.74, 6) is 0.925. The number of nitrogens with two attached hydrogens (primary N) is 1. The molecule has 2 atom stereocenters. The minimum absolute atomic E-state index is 0.0472.